The maximum absolute atomic E-state index is 12.6. The first-order chi connectivity index (χ1) is 12.0. The van der Waals surface area contributed by atoms with Crippen molar-refractivity contribution in [3.05, 3.63) is 71.3 Å². The number of likely N-dealkylation sites (tertiary alicyclic amines) is 1. The Morgan fingerprint density at radius 1 is 0.960 bits per heavy atom. The van der Waals surface area contributed by atoms with Crippen LogP contribution in [0.25, 0.3) is 0 Å². The molecule has 0 radical (unpaired) electrons. The Bertz CT molecular complexity index is 685. The highest BCUT2D eigenvalue weighted by atomic mass is 19.4. The van der Waals surface area contributed by atoms with Crippen molar-refractivity contribution in [1.29, 1.82) is 0 Å². The fraction of sp³-hybridized carbons (Fsp3) is 0.350. The Labute approximate surface area is 146 Å². The minimum Gasteiger partial charge on any atom is -0.299 e. The van der Waals surface area contributed by atoms with Crippen LogP contribution in [0.15, 0.2) is 59.6 Å². The van der Waals surface area contributed by atoms with Crippen molar-refractivity contribution in [3.63, 3.8) is 0 Å². The molecule has 1 saturated heterocycles. The van der Waals surface area contributed by atoms with Gasteiger partial charge in [-0.15, -0.1) is 0 Å². The first-order valence-corrected chi connectivity index (χ1v) is 8.47. The van der Waals surface area contributed by atoms with Crippen LogP contribution in [0.3, 0.4) is 0 Å². The van der Waals surface area contributed by atoms with Crippen LogP contribution in [-0.4, -0.2) is 30.2 Å². The smallest absolute Gasteiger partial charge is 0.299 e. The average molecular weight is 346 g/mol. The first kappa shape index (κ1) is 17.7. The van der Waals surface area contributed by atoms with Gasteiger partial charge in [0.15, 0.2) is 0 Å². The predicted molar refractivity (Wildman–Crippen MR) is 93.8 cm³/mol. The summed E-state index contributed by atoms with van der Waals surface area (Å²) in [5.41, 5.74) is 1.40. The molecule has 25 heavy (non-hydrogen) atoms. The lowest BCUT2D eigenvalue weighted by molar-refractivity contribution is -0.137. The van der Waals surface area contributed by atoms with Crippen LogP contribution in [0.5, 0.6) is 0 Å². The maximum Gasteiger partial charge on any atom is 0.416 e. The van der Waals surface area contributed by atoms with Crippen molar-refractivity contribution in [2.24, 2.45) is 4.99 Å². The van der Waals surface area contributed by atoms with Crippen molar-refractivity contribution in [3.8, 4) is 0 Å². The van der Waals surface area contributed by atoms with Crippen molar-refractivity contribution in [2.75, 3.05) is 13.1 Å². The Morgan fingerprint density at radius 3 is 2.20 bits per heavy atom. The second kappa shape index (κ2) is 7.83. The molecule has 1 heterocycles. The second-order valence-corrected chi connectivity index (χ2v) is 6.39. The largest absolute Gasteiger partial charge is 0.416 e. The summed E-state index contributed by atoms with van der Waals surface area (Å²) < 4.78 is 37.7. The number of rotatable bonds is 4. The summed E-state index contributed by atoms with van der Waals surface area (Å²) in [5.74, 6) is 0. The number of benzene rings is 2. The Morgan fingerprint density at radius 2 is 1.60 bits per heavy atom. The summed E-state index contributed by atoms with van der Waals surface area (Å²) >= 11 is 0. The molecule has 3 rings (SSSR count). The van der Waals surface area contributed by atoms with Crippen molar-refractivity contribution in [1.82, 2.24) is 4.90 Å². The molecular formula is C20H21F3N2. The lowest BCUT2D eigenvalue weighted by Gasteiger charge is -2.30. The standard InChI is InChI=1S/C20H21F3N2/c21-20(22,23)18-8-6-16(7-9-18)14-24-19-10-12-25(13-11-19)15-17-4-2-1-3-5-17/h1-9,14,19H,10-13,15H2. The van der Waals surface area contributed by atoms with Gasteiger partial charge in [0, 0.05) is 25.8 Å². The van der Waals surface area contributed by atoms with Crippen LogP contribution in [-0.2, 0) is 12.7 Å². The lowest BCUT2D eigenvalue weighted by Crippen LogP contribution is -2.34. The monoisotopic (exact) mass is 346 g/mol. The van der Waals surface area contributed by atoms with E-state index in [1.807, 2.05) is 6.07 Å². The zero-order valence-corrected chi connectivity index (χ0v) is 13.9. The van der Waals surface area contributed by atoms with E-state index in [0.29, 0.717) is 5.56 Å². The molecule has 0 unspecified atom stereocenters. The molecule has 0 aromatic heterocycles. The Balaban J connectivity index is 1.49. The van der Waals surface area contributed by atoms with Crippen molar-refractivity contribution in [2.45, 2.75) is 31.6 Å². The SMILES string of the molecule is FC(F)(F)c1ccc(C=NC2CCN(Cc3ccccc3)CC2)cc1. The van der Waals surface area contributed by atoms with Gasteiger partial charge in [0.1, 0.15) is 0 Å². The number of halogens is 3. The van der Waals surface area contributed by atoms with Gasteiger partial charge >= 0.3 is 6.18 Å². The van der Waals surface area contributed by atoms with Crippen LogP contribution in [0.1, 0.15) is 29.5 Å². The van der Waals surface area contributed by atoms with Crippen molar-refractivity contribution >= 4 is 6.21 Å². The van der Waals surface area contributed by atoms with Gasteiger partial charge in [-0.3, -0.25) is 9.89 Å². The Kier molecular flexibility index (Phi) is 5.53. The number of hydrogen-bond donors (Lipinski definition) is 0. The fourth-order valence-electron chi connectivity index (χ4n) is 3.02. The van der Waals surface area contributed by atoms with Gasteiger partial charge in [-0.25, -0.2) is 0 Å². The highest BCUT2D eigenvalue weighted by molar-refractivity contribution is 5.79. The number of nitrogens with zero attached hydrogens (tertiary/aromatic N) is 2. The van der Waals surface area contributed by atoms with E-state index in [-0.39, 0.29) is 6.04 Å². The molecule has 1 aliphatic heterocycles. The van der Waals surface area contributed by atoms with E-state index in [9.17, 15) is 13.2 Å². The molecule has 1 aliphatic rings. The lowest BCUT2D eigenvalue weighted by atomic mass is 10.0. The molecule has 0 saturated carbocycles. The maximum atomic E-state index is 12.6. The molecule has 5 heteroatoms. The third-order valence-corrected chi connectivity index (χ3v) is 4.48. The summed E-state index contributed by atoms with van der Waals surface area (Å²) in [6.45, 7) is 2.93. The van der Waals surface area contributed by atoms with Gasteiger partial charge in [0.05, 0.1) is 11.6 Å². The summed E-state index contributed by atoms with van der Waals surface area (Å²) in [5, 5.41) is 0. The predicted octanol–water partition coefficient (Wildman–Crippen LogP) is 4.79. The number of piperidine rings is 1. The van der Waals surface area contributed by atoms with E-state index in [1.165, 1.54) is 17.7 Å². The van der Waals surface area contributed by atoms with E-state index in [2.05, 4.69) is 34.2 Å². The van der Waals surface area contributed by atoms with Gasteiger partial charge in [0.2, 0.25) is 0 Å². The number of hydrogen-bond acceptors (Lipinski definition) is 2. The number of alkyl halides is 3. The van der Waals surface area contributed by atoms with Gasteiger partial charge in [0.25, 0.3) is 0 Å². The number of aliphatic imine (C=N–C) groups is 1. The summed E-state index contributed by atoms with van der Waals surface area (Å²) in [6.07, 6.45) is -0.646. The van der Waals surface area contributed by atoms with Gasteiger partial charge in [-0.1, -0.05) is 42.5 Å². The van der Waals surface area contributed by atoms with E-state index in [4.69, 9.17) is 0 Å². The normalized spacial score (nSPS) is 17.2. The van der Waals surface area contributed by atoms with Crippen LogP contribution in [0, 0.1) is 0 Å². The first-order valence-electron chi connectivity index (χ1n) is 8.47. The molecule has 0 amide bonds. The molecule has 0 bridgehead atoms. The van der Waals surface area contributed by atoms with Gasteiger partial charge in [-0.2, -0.15) is 13.2 Å². The highest BCUT2D eigenvalue weighted by Gasteiger charge is 2.29. The second-order valence-electron chi connectivity index (χ2n) is 6.39. The summed E-state index contributed by atoms with van der Waals surface area (Å²) in [7, 11) is 0. The van der Waals surface area contributed by atoms with Crippen LogP contribution >= 0.6 is 0 Å². The quantitative estimate of drug-likeness (QED) is 0.727. The molecule has 2 nitrogen and oxygen atoms in total. The van der Waals surface area contributed by atoms with E-state index in [1.54, 1.807) is 6.21 Å². The molecule has 132 valence electrons. The molecular weight excluding hydrogens is 325 g/mol. The molecule has 1 fully saturated rings. The molecule has 0 spiro atoms. The summed E-state index contributed by atoms with van der Waals surface area (Å²) in [6, 6.07) is 15.8. The molecule has 2 aromatic rings. The average Bonchev–Trinajstić information content (AvgIpc) is 2.62. The van der Waals surface area contributed by atoms with Crippen LogP contribution in [0.4, 0.5) is 13.2 Å². The van der Waals surface area contributed by atoms with E-state index in [0.717, 1.165) is 44.6 Å². The molecule has 0 aliphatic carbocycles. The topological polar surface area (TPSA) is 15.6 Å². The molecule has 2 aromatic carbocycles. The van der Waals surface area contributed by atoms with E-state index >= 15 is 0 Å². The van der Waals surface area contributed by atoms with Gasteiger partial charge < -0.3 is 0 Å². The minimum absolute atomic E-state index is 0.245. The van der Waals surface area contributed by atoms with Gasteiger partial charge in [-0.05, 0) is 36.1 Å². The van der Waals surface area contributed by atoms with Crippen LogP contribution in [0.2, 0.25) is 0 Å². The molecule has 0 atom stereocenters. The third kappa shape index (κ3) is 5.16. The van der Waals surface area contributed by atoms with E-state index < -0.39 is 11.7 Å². The fourth-order valence-corrected chi connectivity index (χ4v) is 3.02. The summed E-state index contributed by atoms with van der Waals surface area (Å²) in [4.78, 5) is 6.97. The Hall–Kier alpha value is -2.14. The third-order valence-electron chi connectivity index (χ3n) is 4.48. The van der Waals surface area contributed by atoms with Crippen LogP contribution < -0.4 is 0 Å². The minimum atomic E-state index is -4.29. The zero-order chi connectivity index (χ0) is 17.7. The highest BCUT2D eigenvalue weighted by Crippen LogP contribution is 2.29. The molecule has 0 N–H and O–H groups in total. The zero-order valence-electron chi connectivity index (χ0n) is 13.9. The van der Waals surface area contributed by atoms with Crippen molar-refractivity contribution < 1.29 is 13.2 Å².